The van der Waals surface area contributed by atoms with Gasteiger partial charge < -0.3 is 18.5 Å². The number of hydrogen-bond donors (Lipinski definition) is 0. The summed E-state index contributed by atoms with van der Waals surface area (Å²) in [4.78, 5) is 37.1. The van der Waals surface area contributed by atoms with Crippen LogP contribution in [-0.4, -0.2) is 53.8 Å². The van der Waals surface area contributed by atoms with E-state index in [2.05, 4.69) is 5.16 Å². The summed E-state index contributed by atoms with van der Waals surface area (Å²) in [6.45, 7) is 0.447. The summed E-state index contributed by atoms with van der Waals surface area (Å²) in [7, 11) is -3.79. The van der Waals surface area contributed by atoms with E-state index in [1.807, 2.05) is 5.38 Å². The molecule has 0 bridgehead atoms. The number of carbonyl (C=O) groups excluding carboxylic acids is 1. The van der Waals surface area contributed by atoms with Crippen molar-refractivity contribution in [1.29, 1.82) is 0 Å². The molecule has 1 fully saturated rings. The third-order valence-electron chi connectivity index (χ3n) is 6.88. The van der Waals surface area contributed by atoms with Gasteiger partial charge in [-0.15, -0.1) is 11.3 Å². The number of oxime groups is 1. The molecule has 2 aromatic heterocycles. The molecule has 1 unspecified atom stereocenters. The van der Waals surface area contributed by atoms with E-state index < -0.39 is 33.8 Å². The molecule has 16 heteroatoms. The lowest BCUT2D eigenvalue weighted by Gasteiger charge is -2.31. The predicted octanol–water partition coefficient (Wildman–Crippen LogP) is 5.16. The van der Waals surface area contributed by atoms with Crippen LogP contribution in [0.2, 0.25) is 10.0 Å². The van der Waals surface area contributed by atoms with Gasteiger partial charge in [-0.1, -0.05) is 34.4 Å². The van der Waals surface area contributed by atoms with Gasteiger partial charge in [0.2, 0.25) is 5.91 Å². The topological polar surface area (TPSA) is 120 Å². The van der Waals surface area contributed by atoms with Gasteiger partial charge in [0, 0.05) is 37.0 Å². The summed E-state index contributed by atoms with van der Waals surface area (Å²) in [5.74, 6) is -0.203. The van der Waals surface area contributed by atoms with Crippen molar-refractivity contribution in [2.24, 2.45) is 5.16 Å². The Labute approximate surface area is 253 Å². The highest BCUT2D eigenvalue weighted by molar-refractivity contribution is 7.86. The number of amides is 1. The maximum Gasteiger partial charge on any atom is 0.306 e. The van der Waals surface area contributed by atoms with Crippen LogP contribution in [0.15, 0.2) is 45.8 Å². The van der Waals surface area contributed by atoms with Gasteiger partial charge in [0.05, 0.1) is 38.1 Å². The van der Waals surface area contributed by atoms with Crippen molar-refractivity contribution < 1.29 is 31.0 Å². The number of nitrogens with zero attached hydrogens (tertiary/aromatic N) is 4. The zero-order chi connectivity index (χ0) is 30.2. The van der Waals surface area contributed by atoms with Crippen molar-refractivity contribution in [3.05, 3.63) is 78.1 Å². The molecule has 1 amide bonds. The lowest BCUT2D eigenvalue weighted by Crippen LogP contribution is -2.41. The molecule has 0 radical (unpaired) electrons. The molecule has 0 N–H and O–H groups in total. The first-order valence-corrected chi connectivity index (χ1v) is 16.2. The van der Waals surface area contributed by atoms with Crippen LogP contribution >= 0.6 is 34.5 Å². The van der Waals surface area contributed by atoms with E-state index in [-0.39, 0.29) is 34.2 Å². The van der Waals surface area contributed by atoms with Crippen molar-refractivity contribution >= 4 is 56.3 Å². The third-order valence-corrected chi connectivity index (χ3v) is 8.91. The van der Waals surface area contributed by atoms with Gasteiger partial charge in [-0.25, -0.2) is 13.8 Å². The normalized spacial score (nSPS) is 17.8. The maximum absolute atomic E-state index is 13.2. The zero-order valence-electron chi connectivity index (χ0n) is 22.0. The fourth-order valence-corrected chi connectivity index (χ4v) is 6.87. The van der Waals surface area contributed by atoms with Gasteiger partial charge in [0.1, 0.15) is 12.3 Å². The Bertz CT molecular complexity index is 1700. The van der Waals surface area contributed by atoms with E-state index in [4.69, 9.17) is 37.2 Å². The van der Waals surface area contributed by atoms with E-state index in [0.717, 1.165) is 21.9 Å². The first-order valence-electron chi connectivity index (χ1n) is 12.7. The first kappa shape index (κ1) is 30.4. The Morgan fingerprint density at radius 2 is 2.00 bits per heavy atom. The molecule has 5 rings (SSSR count). The van der Waals surface area contributed by atoms with E-state index in [0.29, 0.717) is 49.3 Å². The first-order chi connectivity index (χ1) is 19.9. The molecule has 0 aliphatic carbocycles. The number of rotatable bonds is 8. The number of pyridine rings is 1. The molecule has 2 aliphatic rings. The van der Waals surface area contributed by atoms with Crippen molar-refractivity contribution in [1.82, 2.24) is 14.5 Å². The van der Waals surface area contributed by atoms with Crippen LogP contribution in [0.1, 0.15) is 59.5 Å². The second-order valence-electron chi connectivity index (χ2n) is 9.85. The van der Waals surface area contributed by atoms with Crippen LogP contribution in [0, 0.1) is 0 Å². The van der Waals surface area contributed by atoms with Crippen LogP contribution in [0.3, 0.4) is 0 Å². The van der Waals surface area contributed by atoms with Gasteiger partial charge in [0.25, 0.3) is 12.0 Å². The third kappa shape index (κ3) is 6.77. The Balaban J connectivity index is 1.20. The smallest absolute Gasteiger partial charge is 0.306 e. The van der Waals surface area contributed by atoms with Gasteiger partial charge in [-0.3, -0.25) is 9.59 Å². The van der Waals surface area contributed by atoms with E-state index in [1.165, 1.54) is 23.6 Å². The number of thiazole rings is 1. The molecule has 3 aromatic rings. The quantitative estimate of drug-likeness (QED) is 0.306. The lowest BCUT2D eigenvalue weighted by molar-refractivity contribution is -0.133. The molecule has 10 nitrogen and oxygen atoms in total. The summed E-state index contributed by atoms with van der Waals surface area (Å²) < 4.78 is 55.7. The number of benzene rings is 1. The molecule has 0 saturated carbocycles. The molecular formula is C26H24Cl2F2N4O6S2. The van der Waals surface area contributed by atoms with Gasteiger partial charge in [0.15, 0.2) is 11.9 Å². The summed E-state index contributed by atoms with van der Waals surface area (Å²) >= 11 is 13.7. The highest BCUT2D eigenvalue weighted by atomic mass is 35.5. The number of likely N-dealkylation sites (tertiary alicyclic amines) is 1. The second-order valence-corrected chi connectivity index (χ2v) is 13.2. The Morgan fingerprint density at radius 3 is 2.69 bits per heavy atom. The number of hydrogen-bond acceptors (Lipinski definition) is 9. The molecule has 1 saturated heterocycles. The van der Waals surface area contributed by atoms with E-state index in [9.17, 15) is 26.8 Å². The van der Waals surface area contributed by atoms with Gasteiger partial charge in [-0.2, -0.15) is 8.42 Å². The number of halogens is 4. The van der Waals surface area contributed by atoms with Gasteiger partial charge in [-0.05, 0) is 31.0 Å². The number of carbonyl (C=O) groups is 1. The van der Waals surface area contributed by atoms with Crippen LogP contribution < -0.4 is 9.74 Å². The Morgan fingerprint density at radius 1 is 1.26 bits per heavy atom. The molecule has 224 valence electrons. The number of piperidine rings is 1. The van der Waals surface area contributed by atoms with Crippen molar-refractivity contribution in [2.45, 2.75) is 44.3 Å². The maximum atomic E-state index is 13.2. The number of alkyl halides is 2. The molecule has 42 heavy (non-hydrogen) atoms. The zero-order valence-corrected chi connectivity index (χ0v) is 25.2. The number of aromatic nitrogens is 2. The van der Waals surface area contributed by atoms with Crippen molar-refractivity contribution in [2.75, 3.05) is 19.3 Å². The SMILES string of the molecule is CS(=O)(=O)Oc1cccc(Cl)c1C1CC(c2csc(C3CCN(C(=O)Cn4cc(Cl)cc(C(F)F)c4=O)CC3)n2)=NO1. The molecule has 4 heterocycles. The minimum atomic E-state index is -3.79. The van der Waals surface area contributed by atoms with E-state index >= 15 is 0 Å². The summed E-state index contributed by atoms with van der Waals surface area (Å²) in [6, 6.07) is 5.60. The van der Waals surface area contributed by atoms with Crippen LogP contribution in [0.25, 0.3) is 0 Å². The monoisotopic (exact) mass is 660 g/mol. The Kier molecular flexibility index (Phi) is 8.88. The van der Waals surface area contributed by atoms with Crippen molar-refractivity contribution in [3.63, 3.8) is 0 Å². The molecular weight excluding hydrogens is 637 g/mol. The molecule has 2 aliphatic heterocycles. The Hall–Kier alpha value is -3.07. The fraction of sp³-hybridized carbons (Fsp3) is 0.385. The van der Waals surface area contributed by atoms with Crippen LogP contribution in [0.5, 0.6) is 5.75 Å². The van der Waals surface area contributed by atoms with Crippen LogP contribution in [0.4, 0.5) is 8.78 Å². The minimum Gasteiger partial charge on any atom is -0.387 e. The largest absolute Gasteiger partial charge is 0.387 e. The highest BCUT2D eigenvalue weighted by Crippen LogP contribution is 2.40. The summed E-state index contributed by atoms with van der Waals surface area (Å²) in [6.07, 6.45) is 0.0309. The van der Waals surface area contributed by atoms with Crippen LogP contribution in [-0.2, 0) is 26.3 Å². The average molecular weight is 662 g/mol. The molecule has 1 aromatic carbocycles. The molecule has 1 atom stereocenters. The van der Waals surface area contributed by atoms with E-state index in [1.54, 1.807) is 17.0 Å². The molecule has 0 spiro atoms. The average Bonchev–Trinajstić information content (AvgIpc) is 3.60. The minimum absolute atomic E-state index is 0.0471. The second kappa shape index (κ2) is 12.3. The lowest BCUT2D eigenvalue weighted by atomic mass is 9.97. The van der Waals surface area contributed by atoms with Crippen molar-refractivity contribution in [3.8, 4) is 5.75 Å². The fourth-order valence-electron chi connectivity index (χ4n) is 4.87. The summed E-state index contributed by atoms with van der Waals surface area (Å²) in [5, 5.41) is 7.14. The highest BCUT2D eigenvalue weighted by Gasteiger charge is 2.32. The standard InChI is InChI=1S/C26H24Cl2F2N4O6S2/c1-42(37,38)40-20-4-2-3-17(28)23(20)21-10-18(32-39-21)19-13-41-25(31-19)14-5-7-33(8-6-14)22(35)12-34-11-15(27)9-16(24(29)30)26(34)36/h2-4,9,11,13-14,21,24H,5-8,10,12H2,1H3. The predicted molar refractivity (Wildman–Crippen MR) is 153 cm³/mol. The van der Waals surface area contributed by atoms with Gasteiger partial charge >= 0.3 is 10.1 Å². The summed E-state index contributed by atoms with van der Waals surface area (Å²) in [5.41, 5.74) is -0.102.